The first-order valence-electron chi connectivity index (χ1n) is 7.98. The van der Waals surface area contributed by atoms with Crippen molar-refractivity contribution in [3.05, 3.63) is 57.6 Å². The number of anilines is 1. The molecular weight excluding hydrogens is 396 g/mol. The van der Waals surface area contributed by atoms with Gasteiger partial charge >= 0.3 is 0 Å². The Morgan fingerprint density at radius 3 is 2.54 bits per heavy atom. The summed E-state index contributed by atoms with van der Waals surface area (Å²) in [7, 11) is 1.55. The quantitative estimate of drug-likeness (QED) is 0.548. The fraction of sp³-hybridized carbons (Fsp3) is 0.200. The van der Waals surface area contributed by atoms with Crippen LogP contribution in [0.3, 0.4) is 0 Å². The van der Waals surface area contributed by atoms with Gasteiger partial charge < -0.3 is 14.8 Å². The summed E-state index contributed by atoms with van der Waals surface area (Å²) in [6, 6.07) is 12.8. The average Bonchev–Trinajstić information content (AvgIpc) is 2.63. The van der Waals surface area contributed by atoms with Crippen molar-refractivity contribution in [2.75, 3.05) is 19.0 Å². The molecule has 0 aromatic heterocycles. The second-order valence-electron chi connectivity index (χ2n) is 5.45. The van der Waals surface area contributed by atoms with E-state index in [0.29, 0.717) is 33.8 Å². The van der Waals surface area contributed by atoms with Crippen LogP contribution in [0.4, 0.5) is 5.69 Å². The molecule has 26 heavy (non-hydrogen) atoms. The summed E-state index contributed by atoms with van der Waals surface area (Å²) in [5, 5.41) is 12.1. The molecule has 2 aromatic carbocycles. The highest BCUT2D eigenvalue weighted by atomic mass is 79.9. The predicted molar refractivity (Wildman–Crippen MR) is 105 cm³/mol. The Hall–Kier alpha value is -2.78. The van der Waals surface area contributed by atoms with Crippen LogP contribution in [0.25, 0.3) is 6.08 Å². The van der Waals surface area contributed by atoms with E-state index in [2.05, 4.69) is 21.2 Å². The molecule has 1 N–H and O–H groups in total. The van der Waals surface area contributed by atoms with Crippen LogP contribution < -0.4 is 14.8 Å². The lowest BCUT2D eigenvalue weighted by atomic mass is 10.1. The van der Waals surface area contributed by atoms with Crippen molar-refractivity contribution in [1.29, 1.82) is 5.26 Å². The number of rotatable bonds is 6. The predicted octanol–water partition coefficient (Wildman–Crippen LogP) is 4.71. The lowest BCUT2D eigenvalue weighted by Crippen LogP contribution is -2.13. The van der Waals surface area contributed by atoms with Crippen LogP contribution in [0.1, 0.15) is 18.1 Å². The summed E-state index contributed by atoms with van der Waals surface area (Å²) in [6.07, 6.45) is 1.51. The third-order valence-electron chi connectivity index (χ3n) is 3.56. The Bertz CT molecular complexity index is 868. The molecule has 0 atom stereocenters. The fourth-order valence-electron chi connectivity index (χ4n) is 2.23. The van der Waals surface area contributed by atoms with Crippen molar-refractivity contribution in [3.8, 4) is 17.6 Å². The number of amides is 1. The maximum absolute atomic E-state index is 12.4. The van der Waals surface area contributed by atoms with E-state index in [1.54, 1.807) is 31.4 Å². The topological polar surface area (TPSA) is 71.3 Å². The van der Waals surface area contributed by atoms with Crippen LogP contribution >= 0.6 is 15.9 Å². The van der Waals surface area contributed by atoms with Crippen molar-refractivity contribution in [2.45, 2.75) is 13.8 Å². The first-order valence-corrected chi connectivity index (χ1v) is 8.78. The van der Waals surface area contributed by atoms with Crippen molar-refractivity contribution >= 4 is 33.6 Å². The molecule has 1 amide bonds. The van der Waals surface area contributed by atoms with Crippen molar-refractivity contribution in [2.24, 2.45) is 0 Å². The van der Waals surface area contributed by atoms with E-state index >= 15 is 0 Å². The number of hydrogen-bond donors (Lipinski definition) is 1. The van der Waals surface area contributed by atoms with Gasteiger partial charge in [0.1, 0.15) is 11.6 Å². The van der Waals surface area contributed by atoms with E-state index in [9.17, 15) is 10.1 Å². The van der Waals surface area contributed by atoms with E-state index < -0.39 is 5.91 Å². The van der Waals surface area contributed by atoms with E-state index in [1.807, 2.05) is 32.0 Å². The minimum absolute atomic E-state index is 0.0149. The molecule has 2 rings (SSSR count). The van der Waals surface area contributed by atoms with Gasteiger partial charge in [0.25, 0.3) is 5.91 Å². The van der Waals surface area contributed by atoms with Gasteiger partial charge in [0.05, 0.1) is 13.7 Å². The van der Waals surface area contributed by atoms with E-state index in [1.165, 1.54) is 6.08 Å². The number of carbonyl (C=O) groups excluding carboxylic acids is 1. The maximum atomic E-state index is 12.4. The highest BCUT2D eigenvalue weighted by Gasteiger charge is 2.13. The van der Waals surface area contributed by atoms with Gasteiger partial charge in [-0.15, -0.1) is 0 Å². The summed E-state index contributed by atoms with van der Waals surface area (Å²) >= 11 is 3.43. The Balaban J connectivity index is 2.32. The van der Waals surface area contributed by atoms with Crippen LogP contribution in [0.5, 0.6) is 11.5 Å². The standard InChI is InChI=1S/C20H19BrN2O3/c1-4-26-19-10-14(17(21)11-18(19)25-3)9-15(12-22)20(24)23-16-7-5-13(2)6-8-16/h5-11H,4H2,1-3H3,(H,23,24)/b15-9-. The molecule has 0 saturated heterocycles. The number of nitrogens with one attached hydrogen (secondary N) is 1. The largest absolute Gasteiger partial charge is 0.493 e. The molecule has 6 heteroatoms. The van der Waals surface area contributed by atoms with Crippen molar-refractivity contribution in [3.63, 3.8) is 0 Å². The Labute approximate surface area is 161 Å². The fourth-order valence-corrected chi connectivity index (χ4v) is 2.67. The summed E-state index contributed by atoms with van der Waals surface area (Å²) in [5.41, 5.74) is 2.35. The van der Waals surface area contributed by atoms with Gasteiger partial charge in [-0.3, -0.25) is 4.79 Å². The highest BCUT2D eigenvalue weighted by Crippen LogP contribution is 2.34. The maximum Gasteiger partial charge on any atom is 0.266 e. The number of carbonyl (C=O) groups is 1. The SMILES string of the molecule is CCOc1cc(/C=C(/C#N)C(=O)Nc2ccc(C)cc2)c(Br)cc1OC. The smallest absolute Gasteiger partial charge is 0.266 e. The second kappa shape index (κ2) is 9.07. The molecule has 0 bridgehead atoms. The number of ether oxygens (including phenoxy) is 2. The molecule has 0 fully saturated rings. The lowest BCUT2D eigenvalue weighted by Gasteiger charge is -2.12. The number of nitriles is 1. The number of methoxy groups -OCH3 is 1. The van der Waals surface area contributed by atoms with Gasteiger partial charge in [-0.25, -0.2) is 0 Å². The Morgan fingerprint density at radius 1 is 1.27 bits per heavy atom. The molecule has 5 nitrogen and oxygen atoms in total. The first kappa shape index (κ1) is 19.5. The van der Waals surface area contributed by atoms with Crippen molar-refractivity contribution in [1.82, 2.24) is 0 Å². The molecule has 0 heterocycles. The average molecular weight is 415 g/mol. The lowest BCUT2D eigenvalue weighted by molar-refractivity contribution is -0.112. The normalized spacial score (nSPS) is 10.8. The van der Waals surface area contributed by atoms with Crippen LogP contribution in [-0.2, 0) is 4.79 Å². The zero-order valence-corrected chi connectivity index (χ0v) is 16.4. The number of aryl methyl sites for hydroxylation is 1. The summed E-state index contributed by atoms with van der Waals surface area (Å²) in [5.74, 6) is 0.635. The number of nitrogens with zero attached hydrogens (tertiary/aromatic N) is 1. The van der Waals surface area contributed by atoms with Gasteiger partial charge in [-0.05, 0) is 49.8 Å². The van der Waals surface area contributed by atoms with Crippen LogP contribution in [-0.4, -0.2) is 19.6 Å². The van der Waals surface area contributed by atoms with Crippen LogP contribution in [0.2, 0.25) is 0 Å². The molecule has 0 radical (unpaired) electrons. The van der Waals surface area contributed by atoms with E-state index in [0.717, 1.165) is 5.56 Å². The number of hydrogen-bond acceptors (Lipinski definition) is 4. The van der Waals surface area contributed by atoms with Crippen LogP contribution in [0, 0.1) is 18.3 Å². The third kappa shape index (κ3) is 4.87. The number of halogens is 1. The molecule has 0 saturated carbocycles. The Kier molecular flexibility index (Phi) is 6.81. The number of benzene rings is 2. The third-order valence-corrected chi connectivity index (χ3v) is 4.24. The molecule has 2 aromatic rings. The Morgan fingerprint density at radius 2 is 1.96 bits per heavy atom. The molecule has 134 valence electrons. The summed E-state index contributed by atoms with van der Waals surface area (Å²) in [4.78, 5) is 12.4. The first-order chi connectivity index (χ1) is 12.5. The molecule has 0 aliphatic heterocycles. The minimum Gasteiger partial charge on any atom is -0.493 e. The summed E-state index contributed by atoms with van der Waals surface area (Å²) in [6.45, 7) is 4.30. The van der Waals surface area contributed by atoms with Crippen molar-refractivity contribution < 1.29 is 14.3 Å². The zero-order chi connectivity index (χ0) is 19.1. The van der Waals surface area contributed by atoms with Crippen LogP contribution in [0.15, 0.2) is 46.4 Å². The molecule has 0 unspecified atom stereocenters. The highest BCUT2D eigenvalue weighted by molar-refractivity contribution is 9.10. The van der Waals surface area contributed by atoms with E-state index in [-0.39, 0.29) is 5.57 Å². The monoisotopic (exact) mass is 414 g/mol. The van der Waals surface area contributed by atoms with Gasteiger partial charge in [0, 0.05) is 10.2 Å². The van der Waals surface area contributed by atoms with Gasteiger partial charge in [0.15, 0.2) is 11.5 Å². The summed E-state index contributed by atoms with van der Waals surface area (Å²) < 4.78 is 11.5. The second-order valence-corrected chi connectivity index (χ2v) is 6.30. The molecular formula is C20H19BrN2O3. The molecule has 0 spiro atoms. The minimum atomic E-state index is -0.475. The van der Waals surface area contributed by atoms with Gasteiger partial charge in [-0.1, -0.05) is 33.6 Å². The zero-order valence-electron chi connectivity index (χ0n) is 14.8. The van der Waals surface area contributed by atoms with Gasteiger partial charge in [0.2, 0.25) is 0 Å². The van der Waals surface area contributed by atoms with E-state index in [4.69, 9.17) is 9.47 Å². The molecule has 0 aliphatic rings. The van der Waals surface area contributed by atoms with Gasteiger partial charge in [-0.2, -0.15) is 5.26 Å². The molecule has 0 aliphatic carbocycles.